The molecule has 0 bridgehead atoms. The van der Waals surface area contributed by atoms with E-state index in [0.717, 1.165) is 35.1 Å². The molecule has 2 amide bonds. The van der Waals surface area contributed by atoms with Crippen molar-refractivity contribution in [3.05, 3.63) is 95.8 Å². The monoisotopic (exact) mass is 509 g/mol. The van der Waals surface area contributed by atoms with E-state index in [2.05, 4.69) is 93.1 Å². The Bertz CT molecular complexity index is 1370. The van der Waals surface area contributed by atoms with Crippen molar-refractivity contribution in [3.63, 3.8) is 0 Å². The van der Waals surface area contributed by atoms with Crippen LogP contribution in [0.4, 0.5) is 10.5 Å². The number of rotatable bonds is 8. The lowest BCUT2D eigenvalue weighted by Gasteiger charge is -2.46. The summed E-state index contributed by atoms with van der Waals surface area (Å²) in [6.07, 6.45) is 8.25. The number of hydrogen-bond acceptors (Lipinski definition) is 2. The molecular weight excluding hydrogens is 468 g/mol. The summed E-state index contributed by atoms with van der Waals surface area (Å²) in [5.74, 6) is 0.768. The highest BCUT2D eigenvalue weighted by Gasteiger charge is 2.53. The third-order valence-electron chi connectivity index (χ3n) is 8.44. The number of urea groups is 1. The fraction of sp³-hybridized carbons (Fsp3) is 0.394. The fourth-order valence-electron chi connectivity index (χ4n) is 6.72. The van der Waals surface area contributed by atoms with E-state index in [1.165, 1.54) is 24.0 Å². The van der Waals surface area contributed by atoms with Crippen molar-refractivity contribution in [2.24, 2.45) is 11.7 Å². The maximum atomic E-state index is 14.4. The summed E-state index contributed by atoms with van der Waals surface area (Å²) in [5.41, 5.74) is 12.2. The van der Waals surface area contributed by atoms with E-state index in [1.54, 1.807) is 0 Å². The molecule has 5 heteroatoms. The van der Waals surface area contributed by atoms with Crippen LogP contribution in [-0.2, 0) is 6.54 Å². The standard InChI is InChI=1S/C33H40N4O/c1-23(2)28-17-10-18-29(24(3)4)30(28)37(33(34)38,22-25-12-6-5-7-13-25)32(27-14-8-9-15-27)36-21-19-26-16-11-20-35-31(26)36/h5-7,10-13,16-21,23-24,27,32H,8-9,14-15,22H2,1-4H3,(H-,34,38)/p+1. The molecule has 1 fully saturated rings. The molecule has 2 unspecified atom stereocenters. The van der Waals surface area contributed by atoms with Crippen molar-refractivity contribution in [1.29, 1.82) is 0 Å². The van der Waals surface area contributed by atoms with Crippen LogP contribution in [0.5, 0.6) is 0 Å². The minimum Gasteiger partial charge on any atom is -0.318 e. The molecule has 198 valence electrons. The number of carbonyl (C=O) groups excluding carboxylic acids is 1. The lowest BCUT2D eigenvalue weighted by atomic mass is 9.88. The molecule has 1 aliphatic carbocycles. The van der Waals surface area contributed by atoms with E-state index >= 15 is 0 Å². The predicted molar refractivity (Wildman–Crippen MR) is 157 cm³/mol. The van der Waals surface area contributed by atoms with Crippen molar-refractivity contribution in [2.75, 3.05) is 0 Å². The van der Waals surface area contributed by atoms with Crippen LogP contribution in [0.2, 0.25) is 0 Å². The van der Waals surface area contributed by atoms with Crippen molar-refractivity contribution in [3.8, 4) is 0 Å². The van der Waals surface area contributed by atoms with Crippen LogP contribution in [0.1, 0.15) is 88.1 Å². The first kappa shape index (κ1) is 26.2. The van der Waals surface area contributed by atoms with Crippen molar-refractivity contribution >= 4 is 22.8 Å². The first-order valence-corrected chi connectivity index (χ1v) is 14.1. The molecule has 2 N–H and O–H groups in total. The Balaban J connectivity index is 1.91. The quantitative estimate of drug-likeness (QED) is 0.243. The molecular formula is C33H41N4O+. The van der Waals surface area contributed by atoms with Crippen LogP contribution in [0, 0.1) is 5.92 Å². The molecule has 2 aromatic heterocycles. The van der Waals surface area contributed by atoms with Gasteiger partial charge in [-0.2, -0.15) is 4.48 Å². The average Bonchev–Trinajstić information content (AvgIpc) is 3.59. The average molecular weight is 510 g/mol. The Morgan fingerprint density at radius 2 is 1.58 bits per heavy atom. The number of nitrogens with two attached hydrogens (primary N) is 1. The van der Waals surface area contributed by atoms with E-state index in [0.29, 0.717) is 12.5 Å². The van der Waals surface area contributed by atoms with Crippen molar-refractivity contribution < 1.29 is 4.79 Å². The number of carbonyl (C=O) groups is 1. The summed E-state index contributed by atoms with van der Waals surface area (Å²) < 4.78 is 2.33. The summed E-state index contributed by atoms with van der Waals surface area (Å²) in [6.45, 7) is 9.38. The van der Waals surface area contributed by atoms with E-state index in [-0.39, 0.29) is 28.5 Å². The minimum absolute atomic E-state index is 0.0525. The minimum atomic E-state index is -0.307. The van der Waals surface area contributed by atoms with Crippen LogP contribution in [0.25, 0.3) is 11.0 Å². The highest BCUT2D eigenvalue weighted by atomic mass is 16.2. The summed E-state index contributed by atoms with van der Waals surface area (Å²) in [4.78, 5) is 19.2. The van der Waals surface area contributed by atoms with Gasteiger partial charge in [-0.05, 0) is 42.9 Å². The van der Waals surface area contributed by atoms with Gasteiger partial charge in [0.25, 0.3) is 0 Å². The van der Waals surface area contributed by atoms with Gasteiger partial charge in [0, 0.05) is 40.4 Å². The van der Waals surface area contributed by atoms with Crippen molar-refractivity contribution in [1.82, 2.24) is 14.0 Å². The van der Waals surface area contributed by atoms with E-state index < -0.39 is 0 Å². The number of quaternary nitrogens is 1. The largest absolute Gasteiger partial charge is 0.421 e. The van der Waals surface area contributed by atoms with Gasteiger partial charge in [0.05, 0.1) is 0 Å². The van der Waals surface area contributed by atoms with Crippen LogP contribution in [0.3, 0.4) is 0 Å². The van der Waals surface area contributed by atoms with Gasteiger partial charge in [-0.25, -0.2) is 9.78 Å². The van der Waals surface area contributed by atoms with Crippen LogP contribution in [-0.4, -0.2) is 15.6 Å². The Morgan fingerprint density at radius 1 is 0.921 bits per heavy atom. The highest BCUT2D eigenvalue weighted by molar-refractivity contribution is 5.89. The molecule has 5 rings (SSSR count). The molecule has 4 aromatic rings. The Morgan fingerprint density at radius 3 is 2.18 bits per heavy atom. The maximum Gasteiger partial charge on any atom is 0.421 e. The van der Waals surface area contributed by atoms with Gasteiger partial charge < -0.3 is 5.73 Å². The topological polar surface area (TPSA) is 60.9 Å². The first-order chi connectivity index (χ1) is 18.3. The number of fused-ring (bicyclic) bond motifs is 1. The summed E-state index contributed by atoms with van der Waals surface area (Å²) in [6, 6.07) is 22.8. The van der Waals surface area contributed by atoms with Gasteiger partial charge in [0.1, 0.15) is 12.2 Å². The fourth-order valence-corrected chi connectivity index (χ4v) is 6.72. The molecule has 2 heterocycles. The highest BCUT2D eigenvalue weighted by Crippen LogP contribution is 2.50. The van der Waals surface area contributed by atoms with Gasteiger partial charge in [0.2, 0.25) is 0 Å². The molecule has 2 atom stereocenters. The van der Waals surface area contributed by atoms with Gasteiger partial charge in [-0.15, -0.1) is 0 Å². The SMILES string of the molecule is CC(C)c1cccc(C(C)C)c1[N+](Cc1ccccc1)(C(N)=O)C(C1CCCC1)n1ccc2cccnc21. The van der Waals surface area contributed by atoms with E-state index in [4.69, 9.17) is 10.7 Å². The van der Waals surface area contributed by atoms with Crippen LogP contribution in [0.15, 0.2) is 79.1 Å². The molecule has 5 nitrogen and oxygen atoms in total. The first-order valence-electron chi connectivity index (χ1n) is 14.1. The second-order valence-corrected chi connectivity index (χ2v) is 11.5. The summed E-state index contributed by atoms with van der Waals surface area (Å²) in [7, 11) is 0. The Labute approximate surface area is 226 Å². The third kappa shape index (κ3) is 4.54. The smallest absolute Gasteiger partial charge is 0.318 e. The lowest BCUT2D eigenvalue weighted by Crippen LogP contribution is -2.62. The number of primary amides is 1. The van der Waals surface area contributed by atoms with E-state index in [9.17, 15) is 4.79 Å². The zero-order chi connectivity index (χ0) is 26.9. The summed E-state index contributed by atoms with van der Waals surface area (Å²) in [5, 5.41) is 1.08. The lowest BCUT2D eigenvalue weighted by molar-refractivity contribution is 0.110. The number of aromatic nitrogens is 2. The number of amides is 2. The van der Waals surface area contributed by atoms with Gasteiger partial charge >= 0.3 is 6.03 Å². The van der Waals surface area contributed by atoms with Gasteiger partial charge in [0.15, 0.2) is 11.9 Å². The summed E-state index contributed by atoms with van der Waals surface area (Å²) >= 11 is 0. The second-order valence-electron chi connectivity index (χ2n) is 11.5. The second kappa shape index (κ2) is 10.7. The molecule has 1 saturated carbocycles. The number of hydrogen-bond donors (Lipinski definition) is 1. The van der Waals surface area contributed by atoms with E-state index in [1.807, 2.05) is 18.3 Å². The number of nitrogens with zero attached hydrogens (tertiary/aromatic N) is 3. The Kier molecular flexibility index (Phi) is 7.40. The Hall–Kier alpha value is -3.44. The van der Waals surface area contributed by atoms with Crippen molar-refractivity contribution in [2.45, 2.75) is 77.9 Å². The number of pyridine rings is 1. The zero-order valence-electron chi connectivity index (χ0n) is 23.2. The third-order valence-corrected chi connectivity index (χ3v) is 8.44. The molecule has 38 heavy (non-hydrogen) atoms. The van der Waals surface area contributed by atoms with Gasteiger partial charge in [-0.3, -0.25) is 4.57 Å². The van der Waals surface area contributed by atoms with Crippen LogP contribution >= 0.6 is 0 Å². The molecule has 0 aliphatic heterocycles. The number of benzene rings is 2. The molecule has 0 radical (unpaired) electrons. The zero-order valence-corrected chi connectivity index (χ0v) is 23.2. The van der Waals surface area contributed by atoms with Crippen LogP contribution < -0.4 is 10.2 Å². The maximum absolute atomic E-state index is 14.4. The molecule has 2 aromatic carbocycles. The normalized spacial score (nSPS) is 16.8. The molecule has 0 spiro atoms. The van der Waals surface area contributed by atoms with Gasteiger partial charge in [-0.1, -0.05) is 89.1 Å². The predicted octanol–water partition coefficient (Wildman–Crippen LogP) is 8.26. The molecule has 1 aliphatic rings. The molecule has 0 saturated heterocycles. The number of para-hydroxylation sites is 1.